The van der Waals surface area contributed by atoms with E-state index in [1.807, 2.05) is 0 Å². The van der Waals surface area contributed by atoms with Crippen molar-refractivity contribution in [1.82, 2.24) is 5.32 Å². The second kappa shape index (κ2) is 7.96. The number of amides is 1. The molecule has 1 amide bonds. The highest BCUT2D eigenvalue weighted by Gasteiger charge is 2.34. The van der Waals surface area contributed by atoms with Crippen molar-refractivity contribution in [3.63, 3.8) is 0 Å². The summed E-state index contributed by atoms with van der Waals surface area (Å²) in [5.74, 6) is 0.0105. The highest BCUT2D eigenvalue weighted by atomic mass is 16.5. The molecule has 3 N–H and O–H groups in total. The van der Waals surface area contributed by atoms with Gasteiger partial charge in [0.05, 0.1) is 18.2 Å². The van der Waals surface area contributed by atoms with Crippen molar-refractivity contribution in [2.75, 3.05) is 26.4 Å². The van der Waals surface area contributed by atoms with Gasteiger partial charge in [-0.15, -0.1) is 0 Å². The first-order valence-corrected chi connectivity index (χ1v) is 7.97. The third kappa shape index (κ3) is 4.72. The maximum atomic E-state index is 12.1. The van der Waals surface area contributed by atoms with Gasteiger partial charge in [0, 0.05) is 19.8 Å². The average Bonchev–Trinajstić information content (AvgIpc) is 2.96. The third-order valence-electron chi connectivity index (χ3n) is 4.28. The summed E-state index contributed by atoms with van der Waals surface area (Å²) in [6, 6.07) is 0. The van der Waals surface area contributed by atoms with Gasteiger partial charge in [-0.25, -0.2) is 0 Å². The fourth-order valence-corrected chi connectivity index (χ4v) is 2.95. The van der Waals surface area contributed by atoms with Gasteiger partial charge in [-0.1, -0.05) is 19.3 Å². The highest BCUT2D eigenvalue weighted by Crippen LogP contribution is 2.25. The second-order valence-electron chi connectivity index (χ2n) is 6.04. The van der Waals surface area contributed by atoms with Crippen LogP contribution in [0.25, 0.3) is 0 Å². The van der Waals surface area contributed by atoms with Crippen molar-refractivity contribution >= 4 is 5.91 Å². The maximum absolute atomic E-state index is 12.1. The van der Waals surface area contributed by atoms with Crippen molar-refractivity contribution in [2.24, 2.45) is 5.73 Å². The van der Waals surface area contributed by atoms with E-state index in [2.05, 4.69) is 5.32 Å². The summed E-state index contributed by atoms with van der Waals surface area (Å²) < 4.78 is 11.0. The largest absolute Gasteiger partial charge is 0.379 e. The van der Waals surface area contributed by atoms with Crippen molar-refractivity contribution in [2.45, 2.75) is 63.0 Å². The minimum atomic E-state index is -0.628. The molecule has 0 aromatic heterocycles. The molecule has 20 heavy (non-hydrogen) atoms. The first-order valence-electron chi connectivity index (χ1n) is 7.97. The first kappa shape index (κ1) is 15.7. The van der Waals surface area contributed by atoms with Crippen LogP contribution in [0.2, 0.25) is 0 Å². The Balaban J connectivity index is 1.50. The number of nitrogens with one attached hydrogen (secondary N) is 1. The molecule has 5 heteroatoms. The van der Waals surface area contributed by atoms with Crippen LogP contribution in [0.4, 0.5) is 0 Å². The number of carbonyl (C=O) groups is 1. The Morgan fingerprint density at radius 3 is 2.80 bits per heavy atom. The average molecular weight is 284 g/mol. The number of rotatable bonds is 7. The van der Waals surface area contributed by atoms with Gasteiger partial charge in [0.25, 0.3) is 0 Å². The molecule has 1 saturated carbocycles. The molecule has 1 heterocycles. The standard InChI is InChI=1S/C15H28N2O3/c16-15(7-2-1-3-8-15)14(18)17-9-5-10-19-12-13-6-4-11-20-13/h13H,1-12,16H2,(H,17,18). The van der Waals surface area contributed by atoms with Gasteiger partial charge in [0.2, 0.25) is 5.91 Å². The molecule has 0 bridgehead atoms. The molecule has 0 aromatic carbocycles. The van der Waals surface area contributed by atoms with E-state index >= 15 is 0 Å². The predicted octanol–water partition coefficient (Wildman–Crippen LogP) is 1.35. The summed E-state index contributed by atoms with van der Waals surface area (Å²) in [5, 5.41) is 2.95. The lowest BCUT2D eigenvalue weighted by Crippen LogP contribution is -2.55. The van der Waals surface area contributed by atoms with E-state index in [1.165, 1.54) is 6.42 Å². The summed E-state index contributed by atoms with van der Waals surface area (Å²) in [6.07, 6.45) is 8.30. The lowest BCUT2D eigenvalue weighted by Gasteiger charge is -2.31. The van der Waals surface area contributed by atoms with E-state index in [0.29, 0.717) is 19.8 Å². The summed E-state index contributed by atoms with van der Waals surface area (Å²) in [4.78, 5) is 12.1. The number of hydrogen-bond donors (Lipinski definition) is 2. The molecule has 5 nitrogen and oxygen atoms in total. The van der Waals surface area contributed by atoms with Crippen LogP contribution < -0.4 is 11.1 Å². The Hall–Kier alpha value is -0.650. The lowest BCUT2D eigenvalue weighted by molar-refractivity contribution is -0.127. The zero-order chi connectivity index (χ0) is 14.3. The topological polar surface area (TPSA) is 73.6 Å². The molecular weight excluding hydrogens is 256 g/mol. The third-order valence-corrected chi connectivity index (χ3v) is 4.28. The lowest BCUT2D eigenvalue weighted by atomic mass is 9.82. The molecule has 0 aromatic rings. The van der Waals surface area contributed by atoms with Crippen LogP contribution in [0.1, 0.15) is 51.4 Å². The van der Waals surface area contributed by atoms with Crippen LogP contribution in [0.5, 0.6) is 0 Å². The number of ether oxygens (including phenoxy) is 2. The van der Waals surface area contributed by atoms with E-state index in [1.54, 1.807) is 0 Å². The summed E-state index contributed by atoms with van der Waals surface area (Å²) in [5.41, 5.74) is 5.54. The summed E-state index contributed by atoms with van der Waals surface area (Å²) >= 11 is 0. The smallest absolute Gasteiger partial charge is 0.240 e. The zero-order valence-electron chi connectivity index (χ0n) is 12.4. The van der Waals surface area contributed by atoms with E-state index < -0.39 is 5.54 Å². The van der Waals surface area contributed by atoms with Crippen LogP contribution in [0.3, 0.4) is 0 Å². The zero-order valence-corrected chi connectivity index (χ0v) is 12.4. The summed E-state index contributed by atoms with van der Waals surface area (Å²) in [6.45, 7) is 2.85. The number of carbonyl (C=O) groups excluding carboxylic acids is 1. The Morgan fingerprint density at radius 2 is 2.10 bits per heavy atom. The Kier molecular flexibility index (Phi) is 6.26. The van der Waals surface area contributed by atoms with Gasteiger partial charge in [0.15, 0.2) is 0 Å². The minimum absolute atomic E-state index is 0.0105. The van der Waals surface area contributed by atoms with Gasteiger partial charge in [-0.2, -0.15) is 0 Å². The van der Waals surface area contributed by atoms with Crippen LogP contribution in [0, 0.1) is 0 Å². The molecule has 116 valence electrons. The number of hydrogen-bond acceptors (Lipinski definition) is 4. The molecule has 2 rings (SSSR count). The van der Waals surface area contributed by atoms with Gasteiger partial charge in [-0.05, 0) is 32.1 Å². The van der Waals surface area contributed by atoms with Gasteiger partial charge in [-0.3, -0.25) is 4.79 Å². The highest BCUT2D eigenvalue weighted by molar-refractivity contribution is 5.86. The Labute approximate surface area is 121 Å². The van der Waals surface area contributed by atoms with Crippen LogP contribution in [-0.4, -0.2) is 43.9 Å². The summed E-state index contributed by atoms with van der Waals surface area (Å²) in [7, 11) is 0. The Morgan fingerprint density at radius 1 is 1.30 bits per heavy atom. The van der Waals surface area contributed by atoms with Crippen molar-refractivity contribution in [1.29, 1.82) is 0 Å². The molecule has 2 aliphatic rings. The first-order chi connectivity index (χ1) is 9.71. The number of nitrogens with two attached hydrogens (primary N) is 1. The van der Waals surface area contributed by atoms with Crippen LogP contribution in [0.15, 0.2) is 0 Å². The van der Waals surface area contributed by atoms with E-state index in [9.17, 15) is 4.79 Å². The van der Waals surface area contributed by atoms with Gasteiger partial charge < -0.3 is 20.5 Å². The molecular formula is C15H28N2O3. The predicted molar refractivity (Wildman–Crippen MR) is 77.4 cm³/mol. The van der Waals surface area contributed by atoms with Gasteiger partial charge >= 0.3 is 0 Å². The molecule has 0 radical (unpaired) electrons. The van der Waals surface area contributed by atoms with Crippen molar-refractivity contribution in [3.05, 3.63) is 0 Å². The van der Waals surface area contributed by atoms with E-state index in [-0.39, 0.29) is 12.0 Å². The van der Waals surface area contributed by atoms with Crippen molar-refractivity contribution < 1.29 is 14.3 Å². The SMILES string of the molecule is NC1(C(=O)NCCCOCC2CCCO2)CCCCC1. The maximum Gasteiger partial charge on any atom is 0.240 e. The molecule has 1 aliphatic carbocycles. The molecule has 1 saturated heterocycles. The molecule has 2 fully saturated rings. The monoisotopic (exact) mass is 284 g/mol. The second-order valence-corrected chi connectivity index (χ2v) is 6.04. The fraction of sp³-hybridized carbons (Fsp3) is 0.933. The molecule has 1 unspecified atom stereocenters. The van der Waals surface area contributed by atoms with E-state index in [4.69, 9.17) is 15.2 Å². The fourth-order valence-electron chi connectivity index (χ4n) is 2.95. The van der Waals surface area contributed by atoms with Crippen molar-refractivity contribution in [3.8, 4) is 0 Å². The van der Waals surface area contributed by atoms with E-state index in [0.717, 1.165) is 51.6 Å². The normalized spacial score (nSPS) is 25.6. The minimum Gasteiger partial charge on any atom is -0.379 e. The molecule has 1 atom stereocenters. The molecule has 1 aliphatic heterocycles. The molecule has 0 spiro atoms. The quantitative estimate of drug-likeness (QED) is 0.692. The van der Waals surface area contributed by atoms with Crippen LogP contribution in [-0.2, 0) is 14.3 Å². The van der Waals surface area contributed by atoms with Crippen LogP contribution >= 0.6 is 0 Å². The van der Waals surface area contributed by atoms with Gasteiger partial charge in [0.1, 0.15) is 0 Å². The Bertz CT molecular complexity index is 297.